The zero-order valence-electron chi connectivity index (χ0n) is 55.3. The summed E-state index contributed by atoms with van der Waals surface area (Å²) in [4.78, 5) is 59.4. The van der Waals surface area contributed by atoms with Crippen LogP contribution >= 0.6 is 0 Å². The molecule has 2 amide bonds. The first-order valence-electron chi connectivity index (χ1n) is 32.3. The van der Waals surface area contributed by atoms with Crippen molar-refractivity contribution in [3.8, 4) is 0 Å². The predicted octanol–water partition coefficient (Wildman–Crippen LogP) is 5.22. The molecule has 4 aliphatic carbocycles. The molecule has 0 radical (unpaired) electrons. The lowest BCUT2D eigenvalue weighted by atomic mass is 9.44. The molecule has 7 rings (SSSR count). The molecule has 3 heterocycles. The number of unbranched alkanes of at least 4 members (excludes halogenated alkanes) is 1. The van der Waals surface area contributed by atoms with Crippen molar-refractivity contribution in [3.05, 3.63) is 23.8 Å². The van der Waals surface area contributed by atoms with E-state index >= 15 is 8.78 Å². The van der Waals surface area contributed by atoms with Gasteiger partial charge in [0.1, 0.15) is 30.1 Å². The molecule has 0 bridgehead atoms. The molecule has 7 aliphatic rings. The largest absolute Gasteiger partial charge is 0.459 e. The molecule has 3 saturated heterocycles. The SMILES string of the molecule is CC[C@H]1OC(=O)[C@H](C)[C@@H](O[C@H]2C[C@@](C)(OC)[C@@H](O)[C@H](C)O2)[C@H](C)[C@@H](O[C@@H]2O[C@H](C)C[C@H](N(C)CC)[C@H]2O)[C@](C)(O)C[C@@H](C)CN(C)[C@H](C)C(OC(=O)NCCCCNC(=O)[C@@]2(O)[C@H](C)CC3C4C[C@H](F)C5=CC(=O)C=C[C@]5(C)[C@@]4(F)[C@@H](O)C[C@@]32C)[C@]1(C)O. The normalized spacial score (nSPS) is 48.0. The summed E-state index contributed by atoms with van der Waals surface area (Å²) >= 11 is 0. The van der Waals surface area contributed by atoms with E-state index in [1.165, 1.54) is 33.1 Å². The third kappa shape index (κ3) is 13.3. The van der Waals surface area contributed by atoms with Crippen LogP contribution < -0.4 is 10.6 Å². The Hall–Kier alpha value is -3.30. The first kappa shape index (κ1) is 72.1. The zero-order valence-corrected chi connectivity index (χ0v) is 55.3. The number of likely N-dealkylation sites (N-methyl/N-ethyl adjacent to an activating group) is 2. The third-order valence-corrected chi connectivity index (χ3v) is 22.5. The van der Waals surface area contributed by atoms with Gasteiger partial charge in [-0.2, -0.15) is 0 Å². The van der Waals surface area contributed by atoms with Crippen molar-refractivity contribution in [3.63, 3.8) is 0 Å². The number of carbonyl (C=O) groups is 4. The van der Waals surface area contributed by atoms with Crippen LogP contribution in [0.3, 0.4) is 0 Å². The summed E-state index contributed by atoms with van der Waals surface area (Å²) < 4.78 is 78.4. The van der Waals surface area contributed by atoms with Gasteiger partial charge in [0.2, 0.25) is 0 Å². The van der Waals surface area contributed by atoms with Gasteiger partial charge in [0.15, 0.2) is 35.7 Å². The molecular weight excluding hydrogens is 1150 g/mol. The molecule has 3 unspecified atom stereocenters. The van der Waals surface area contributed by atoms with Gasteiger partial charge in [0, 0.05) is 67.9 Å². The van der Waals surface area contributed by atoms with Crippen molar-refractivity contribution in [2.45, 2.75) is 269 Å². The van der Waals surface area contributed by atoms with Crippen LogP contribution in [0.25, 0.3) is 0 Å². The van der Waals surface area contributed by atoms with E-state index in [-0.39, 0.29) is 75.3 Å². The average Bonchev–Trinajstić information content (AvgIpc) is 1.31. The maximum Gasteiger partial charge on any atom is 0.407 e. The number of nitrogens with zero attached hydrogens (tertiary/aromatic N) is 2. The minimum atomic E-state index is -2.36. The molecule has 3 aliphatic heterocycles. The van der Waals surface area contributed by atoms with Crippen molar-refractivity contribution in [2.24, 2.45) is 46.3 Å². The number of nitrogens with one attached hydrogen (secondary N) is 2. The van der Waals surface area contributed by atoms with Crippen LogP contribution in [0.2, 0.25) is 0 Å². The van der Waals surface area contributed by atoms with Crippen LogP contribution in [-0.2, 0) is 47.5 Å². The first-order valence-corrected chi connectivity index (χ1v) is 32.3. The molecule has 3 saturated carbocycles. The molecule has 6 fully saturated rings. The van der Waals surface area contributed by atoms with Crippen molar-refractivity contribution >= 4 is 23.8 Å². The highest BCUT2D eigenvalue weighted by Crippen LogP contribution is 2.71. The molecule has 504 valence electrons. The predicted molar refractivity (Wildman–Crippen MR) is 321 cm³/mol. The van der Waals surface area contributed by atoms with E-state index in [9.17, 15) is 49.8 Å². The number of fused-ring (bicyclic) bond motifs is 5. The fourth-order valence-electron chi connectivity index (χ4n) is 17.1. The highest BCUT2D eigenvalue weighted by Gasteiger charge is 2.77. The van der Waals surface area contributed by atoms with Gasteiger partial charge >= 0.3 is 12.1 Å². The number of ether oxygens (including phenoxy) is 7. The maximum atomic E-state index is 17.8. The molecule has 8 N–H and O–H groups in total. The molecule has 27 atom stereocenters. The topological polar surface area (TPSA) is 285 Å². The Morgan fingerprint density at radius 2 is 1.51 bits per heavy atom. The summed E-state index contributed by atoms with van der Waals surface area (Å²) in [5, 5.41) is 78.6. The van der Waals surface area contributed by atoms with E-state index in [0.29, 0.717) is 32.4 Å². The standard InChI is InChI=1S/C65H108F2N4O17/c1-18-48-63(14,80)54(88-58(78)69-25-21-20-24-68-57(77)65(81)35(4)26-42-43-29-45(66)44-28-41(72)22-23-59(44,10)64(43,67)47(73)31-60(42,65)11)39(8)71(16)33-34(3)30-61(12,79)53(87-56-50(74)46(70(15)19-2)27-36(5)83-56)37(6)51(38(7)55(76)85-48)86-49-32-62(13,82-17)52(75)40(9)84-49/h22-23,28,34-40,42-43,45-54,56,73-75,79-81H,18-21,24-27,29-33H2,1-17H3,(H,68,77)(H,69,78)/t34-,35-,36-,37+,38-,39-,40+,42?,43?,45+,46+,47+,48-,49+,50-,51+,52+,53-,54?,56+,59+,60+,61-,62-,63-,64+,65+/m1/s1. The van der Waals surface area contributed by atoms with Gasteiger partial charge < -0.3 is 79.3 Å². The van der Waals surface area contributed by atoms with E-state index in [2.05, 4.69) is 10.6 Å². The van der Waals surface area contributed by atoms with Crippen molar-refractivity contribution < 1.29 is 91.8 Å². The quantitative estimate of drug-likeness (QED) is 0.0771. The molecule has 21 nitrogen and oxygen atoms in total. The Labute approximate surface area is 520 Å². The molecule has 0 aromatic rings. The second-order valence-corrected chi connectivity index (χ2v) is 28.8. The minimum Gasteiger partial charge on any atom is -0.459 e. The molecule has 0 aromatic heterocycles. The van der Waals surface area contributed by atoms with Crippen molar-refractivity contribution in [1.82, 2.24) is 20.4 Å². The number of hydrogen-bond acceptors (Lipinski definition) is 19. The number of esters is 1. The van der Waals surface area contributed by atoms with Crippen molar-refractivity contribution in [2.75, 3.05) is 47.4 Å². The van der Waals surface area contributed by atoms with Crippen LogP contribution in [0.1, 0.15) is 155 Å². The van der Waals surface area contributed by atoms with Gasteiger partial charge in [0.25, 0.3) is 5.91 Å². The third-order valence-electron chi connectivity index (χ3n) is 22.5. The second kappa shape index (κ2) is 27.3. The zero-order chi connectivity index (χ0) is 65.8. The molecule has 0 spiro atoms. The number of aliphatic hydroxyl groups is 6. The number of alkyl halides is 2. The number of cyclic esters (lactones) is 1. The van der Waals surface area contributed by atoms with E-state index in [1.54, 1.807) is 69.4 Å². The lowest BCUT2D eigenvalue weighted by Crippen LogP contribution is -2.71. The summed E-state index contributed by atoms with van der Waals surface area (Å²) in [6.07, 6.45) is -9.96. The minimum absolute atomic E-state index is 0.0102. The van der Waals surface area contributed by atoms with E-state index in [0.717, 1.165) is 6.08 Å². The van der Waals surface area contributed by atoms with Crippen LogP contribution in [0.5, 0.6) is 0 Å². The molecule has 0 aromatic carbocycles. The number of hydrogen-bond donors (Lipinski definition) is 8. The number of amides is 2. The summed E-state index contributed by atoms with van der Waals surface area (Å²) in [6, 6.07) is -1.08. The van der Waals surface area contributed by atoms with Gasteiger partial charge in [0.05, 0.1) is 47.6 Å². The maximum absolute atomic E-state index is 17.8. The summed E-state index contributed by atoms with van der Waals surface area (Å²) in [7, 11) is 5.19. The summed E-state index contributed by atoms with van der Waals surface area (Å²) in [6.45, 7) is 25.2. The van der Waals surface area contributed by atoms with E-state index in [1.807, 2.05) is 37.6 Å². The first-order chi connectivity index (χ1) is 40.8. The highest BCUT2D eigenvalue weighted by atomic mass is 19.1. The Bertz CT molecular complexity index is 2530. The van der Waals surface area contributed by atoms with Gasteiger partial charge in [-0.1, -0.05) is 47.6 Å². The second-order valence-electron chi connectivity index (χ2n) is 28.8. The fraction of sp³-hybridized carbons (Fsp3) is 0.877. The number of aliphatic hydroxyl groups excluding tert-OH is 3. The summed E-state index contributed by atoms with van der Waals surface area (Å²) in [5.74, 6) is -6.72. The Balaban J connectivity index is 1.06. The van der Waals surface area contributed by atoms with Gasteiger partial charge in [-0.05, 0) is 163 Å². The summed E-state index contributed by atoms with van der Waals surface area (Å²) in [5.41, 5.74) is -12.2. The number of halogens is 2. The number of alkyl carbamates (subject to hydrolysis) is 1. The van der Waals surface area contributed by atoms with Gasteiger partial charge in [-0.15, -0.1) is 0 Å². The lowest BCUT2D eigenvalue weighted by Gasteiger charge is -2.63. The monoisotopic (exact) mass is 1250 g/mol. The smallest absolute Gasteiger partial charge is 0.407 e. The Kier molecular flexibility index (Phi) is 22.4. The van der Waals surface area contributed by atoms with Crippen molar-refractivity contribution in [1.29, 1.82) is 0 Å². The van der Waals surface area contributed by atoms with Gasteiger partial charge in [-0.3, -0.25) is 19.3 Å². The number of allylic oxidation sites excluding steroid dienone is 4. The van der Waals surface area contributed by atoms with Crippen LogP contribution in [0.4, 0.5) is 13.6 Å². The van der Waals surface area contributed by atoms with Crippen LogP contribution in [0.15, 0.2) is 23.8 Å². The van der Waals surface area contributed by atoms with E-state index < -0.39 is 166 Å². The number of carbonyl (C=O) groups excluding carboxylic acids is 4. The highest BCUT2D eigenvalue weighted by molar-refractivity contribution is 6.01. The number of methoxy groups -OCH3 is 1. The van der Waals surface area contributed by atoms with Crippen LogP contribution in [-0.4, -0.2) is 225 Å². The number of ketones is 1. The fourth-order valence-corrected chi connectivity index (χ4v) is 17.1. The lowest BCUT2D eigenvalue weighted by molar-refractivity contribution is -0.318. The van der Waals surface area contributed by atoms with Gasteiger partial charge in [-0.25, -0.2) is 13.6 Å². The Morgan fingerprint density at radius 3 is 2.14 bits per heavy atom. The molecule has 88 heavy (non-hydrogen) atoms. The molecular formula is C65H108F2N4O17. The number of rotatable bonds is 15. The Morgan fingerprint density at radius 1 is 0.864 bits per heavy atom. The average molecular weight is 1260 g/mol. The van der Waals surface area contributed by atoms with E-state index in [4.69, 9.17) is 33.2 Å². The molecule has 23 heteroatoms. The van der Waals surface area contributed by atoms with Crippen LogP contribution in [0, 0.1) is 46.3 Å².